The summed E-state index contributed by atoms with van der Waals surface area (Å²) in [7, 11) is 0. The van der Waals surface area contributed by atoms with Gasteiger partial charge >= 0.3 is 0 Å². The SMILES string of the molecule is CCC=C(NCc1c(F)cc(Br)cc1F)OCNCc1c(F)cccc1Cl. The Bertz CT molecular complexity index is 774. The summed E-state index contributed by atoms with van der Waals surface area (Å²) in [4.78, 5) is 0. The summed E-state index contributed by atoms with van der Waals surface area (Å²) in [5.41, 5.74) is 0.255. The lowest BCUT2D eigenvalue weighted by molar-refractivity contribution is 0.165. The lowest BCUT2D eigenvalue weighted by Gasteiger charge is -2.15. The van der Waals surface area contributed by atoms with E-state index >= 15 is 0 Å². The molecule has 0 aromatic heterocycles. The molecule has 146 valence electrons. The summed E-state index contributed by atoms with van der Waals surface area (Å²) in [6, 6.07) is 6.86. The fraction of sp³-hybridized carbons (Fsp3) is 0.263. The Morgan fingerprint density at radius 2 is 1.81 bits per heavy atom. The van der Waals surface area contributed by atoms with E-state index in [9.17, 15) is 13.2 Å². The van der Waals surface area contributed by atoms with Crippen LogP contribution in [0.15, 0.2) is 46.8 Å². The molecule has 0 bridgehead atoms. The van der Waals surface area contributed by atoms with E-state index < -0.39 is 17.5 Å². The van der Waals surface area contributed by atoms with Crippen molar-refractivity contribution in [2.45, 2.75) is 26.4 Å². The predicted molar refractivity (Wildman–Crippen MR) is 103 cm³/mol. The van der Waals surface area contributed by atoms with Crippen LogP contribution in [0.5, 0.6) is 0 Å². The number of hydrogen-bond donors (Lipinski definition) is 2. The fourth-order valence-corrected chi connectivity index (χ4v) is 2.92. The van der Waals surface area contributed by atoms with E-state index in [-0.39, 0.29) is 25.4 Å². The molecule has 0 amide bonds. The van der Waals surface area contributed by atoms with Crippen LogP contribution >= 0.6 is 27.5 Å². The molecule has 27 heavy (non-hydrogen) atoms. The molecule has 8 heteroatoms. The molecule has 0 unspecified atom stereocenters. The van der Waals surface area contributed by atoms with Gasteiger partial charge in [-0.3, -0.25) is 5.32 Å². The van der Waals surface area contributed by atoms with Gasteiger partial charge in [-0.1, -0.05) is 40.5 Å². The quantitative estimate of drug-likeness (QED) is 0.287. The number of nitrogens with one attached hydrogen (secondary N) is 2. The van der Waals surface area contributed by atoms with Gasteiger partial charge in [0.05, 0.1) is 0 Å². The number of benzene rings is 2. The second kappa shape index (κ2) is 10.6. The van der Waals surface area contributed by atoms with Crippen LogP contribution in [0.25, 0.3) is 0 Å². The van der Waals surface area contributed by atoms with Gasteiger partial charge in [0.2, 0.25) is 0 Å². The molecule has 0 atom stereocenters. The maximum atomic E-state index is 13.9. The number of ether oxygens (including phenoxy) is 1. The van der Waals surface area contributed by atoms with Crippen LogP contribution in [0.1, 0.15) is 24.5 Å². The Hall–Kier alpha value is -1.70. The van der Waals surface area contributed by atoms with Gasteiger partial charge in [-0.25, -0.2) is 13.2 Å². The molecule has 0 aliphatic rings. The third-order valence-electron chi connectivity index (χ3n) is 3.63. The Morgan fingerprint density at radius 1 is 1.11 bits per heavy atom. The van der Waals surface area contributed by atoms with Crippen LogP contribution in [0.4, 0.5) is 13.2 Å². The highest BCUT2D eigenvalue weighted by molar-refractivity contribution is 9.10. The smallest absolute Gasteiger partial charge is 0.184 e. The van der Waals surface area contributed by atoms with Crippen LogP contribution in [-0.4, -0.2) is 6.73 Å². The second-order valence-electron chi connectivity index (χ2n) is 5.59. The van der Waals surface area contributed by atoms with Gasteiger partial charge < -0.3 is 10.1 Å². The number of halogens is 5. The molecule has 0 spiro atoms. The normalized spacial score (nSPS) is 11.6. The summed E-state index contributed by atoms with van der Waals surface area (Å²) in [6.07, 6.45) is 2.40. The number of rotatable bonds is 9. The molecule has 0 saturated carbocycles. The van der Waals surface area contributed by atoms with Crippen molar-refractivity contribution in [3.63, 3.8) is 0 Å². The first kappa shape index (κ1) is 21.6. The molecule has 0 aliphatic heterocycles. The Balaban J connectivity index is 1.88. The highest BCUT2D eigenvalue weighted by Crippen LogP contribution is 2.20. The summed E-state index contributed by atoms with van der Waals surface area (Å²) < 4.78 is 47.3. The molecule has 2 aromatic carbocycles. The van der Waals surface area contributed by atoms with Crippen molar-refractivity contribution >= 4 is 27.5 Å². The lowest BCUT2D eigenvalue weighted by atomic mass is 10.2. The average Bonchev–Trinajstić information content (AvgIpc) is 2.59. The van der Waals surface area contributed by atoms with Crippen molar-refractivity contribution < 1.29 is 17.9 Å². The summed E-state index contributed by atoms with van der Waals surface area (Å²) in [6.45, 7) is 2.07. The first-order valence-electron chi connectivity index (χ1n) is 8.26. The van der Waals surface area contributed by atoms with Gasteiger partial charge in [-0.15, -0.1) is 0 Å². The van der Waals surface area contributed by atoms with E-state index in [4.69, 9.17) is 16.3 Å². The average molecular weight is 464 g/mol. The standard InChI is InChI=1S/C19H19BrClF3N2O/c1-2-4-19(26-10-14-17(23)7-12(20)8-18(14)24)27-11-25-9-13-15(21)5-3-6-16(13)22/h3-8,25-26H,2,9-11H2,1H3. The minimum atomic E-state index is -0.655. The second-order valence-corrected chi connectivity index (χ2v) is 6.92. The summed E-state index contributed by atoms with van der Waals surface area (Å²) >= 11 is 9.00. The zero-order valence-electron chi connectivity index (χ0n) is 14.6. The third-order valence-corrected chi connectivity index (χ3v) is 4.44. The minimum absolute atomic E-state index is 0.0643. The molecular weight excluding hydrogens is 445 g/mol. The highest BCUT2D eigenvalue weighted by atomic mass is 79.9. The Labute approximate surface area is 169 Å². The first-order valence-corrected chi connectivity index (χ1v) is 9.43. The van der Waals surface area contributed by atoms with Gasteiger partial charge in [0.25, 0.3) is 0 Å². The molecule has 0 fully saturated rings. The van der Waals surface area contributed by atoms with E-state index in [2.05, 4.69) is 26.6 Å². The Kier molecular flexibility index (Phi) is 8.47. The van der Waals surface area contributed by atoms with Crippen molar-refractivity contribution in [2.75, 3.05) is 6.73 Å². The van der Waals surface area contributed by atoms with Gasteiger partial charge in [-0.2, -0.15) is 0 Å². The van der Waals surface area contributed by atoms with Crippen molar-refractivity contribution in [3.8, 4) is 0 Å². The molecule has 3 nitrogen and oxygen atoms in total. The van der Waals surface area contributed by atoms with E-state index in [1.807, 2.05) is 6.92 Å². The molecule has 0 heterocycles. The van der Waals surface area contributed by atoms with Gasteiger partial charge in [0.15, 0.2) is 5.88 Å². The van der Waals surface area contributed by atoms with Crippen LogP contribution in [0.2, 0.25) is 5.02 Å². The van der Waals surface area contributed by atoms with Crippen molar-refractivity contribution in [3.05, 3.63) is 80.4 Å². The lowest BCUT2D eigenvalue weighted by Crippen LogP contribution is -2.23. The topological polar surface area (TPSA) is 33.3 Å². The van der Waals surface area contributed by atoms with Crippen LogP contribution in [0, 0.1) is 17.5 Å². The monoisotopic (exact) mass is 462 g/mol. The van der Waals surface area contributed by atoms with E-state index in [1.54, 1.807) is 12.1 Å². The van der Waals surface area contributed by atoms with Gasteiger partial charge in [0, 0.05) is 33.7 Å². The summed E-state index contributed by atoms with van der Waals surface area (Å²) in [5.74, 6) is -1.35. The molecule has 0 aliphatic carbocycles. The van der Waals surface area contributed by atoms with E-state index in [0.29, 0.717) is 27.4 Å². The molecule has 2 aromatic rings. The first-order chi connectivity index (χ1) is 12.9. The minimum Gasteiger partial charge on any atom is -0.464 e. The van der Waals surface area contributed by atoms with E-state index in [1.165, 1.54) is 24.3 Å². The number of allylic oxidation sites excluding steroid dienone is 1. The highest BCUT2D eigenvalue weighted by Gasteiger charge is 2.11. The zero-order chi connectivity index (χ0) is 19.8. The maximum absolute atomic E-state index is 13.9. The summed E-state index contributed by atoms with van der Waals surface area (Å²) in [5, 5.41) is 6.11. The molecule has 2 rings (SSSR count). The largest absolute Gasteiger partial charge is 0.464 e. The fourth-order valence-electron chi connectivity index (χ4n) is 2.29. The van der Waals surface area contributed by atoms with Gasteiger partial charge in [0.1, 0.15) is 24.2 Å². The van der Waals surface area contributed by atoms with Crippen molar-refractivity contribution in [1.29, 1.82) is 0 Å². The molecule has 0 radical (unpaired) electrons. The van der Waals surface area contributed by atoms with E-state index in [0.717, 1.165) is 0 Å². The van der Waals surface area contributed by atoms with Crippen LogP contribution in [0.3, 0.4) is 0 Å². The molecule has 2 N–H and O–H groups in total. The molecule has 0 saturated heterocycles. The number of hydrogen-bond acceptors (Lipinski definition) is 3. The van der Waals surface area contributed by atoms with Crippen molar-refractivity contribution in [1.82, 2.24) is 10.6 Å². The van der Waals surface area contributed by atoms with Crippen molar-refractivity contribution in [2.24, 2.45) is 0 Å². The third kappa shape index (κ3) is 6.45. The van der Waals surface area contributed by atoms with Crippen LogP contribution in [-0.2, 0) is 17.8 Å². The zero-order valence-corrected chi connectivity index (χ0v) is 16.9. The molecular formula is C19H19BrClF3N2O. The van der Waals surface area contributed by atoms with Crippen LogP contribution < -0.4 is 10.6 Å². The Morgan fingerprint density at radius 3 is 2.44 bits per heavy atom. The van der Waals surface area contributed by atoms with Gasteiger partial charge in [-0.05, 0) is 36.8 Å². The maximum Gasteiger partial charge on any atom is 0.184 e. The predicted octanol–water partition coefficient (Wildman–Crippen LogP) is 5.62.